The van der Waals surface area contributed by atoms with E-state index < -0.39 is 0 Å². The first-order valence-corrected chi connectivity index (χ1v) is 8.78. The Bertz CT molecular complexity index is 758. The van der Waals surface area contributed by atoms with Gasteiger partial charge in [-0.05, 0) is 31.9 Å². The number of aryl methyl sites for hydroxylation is 2. The van der Waals surface area contributed by atoms with Gasteiger partial charge in [0.1, 0.15) is 11.6 Å². The minimum absolute atomic E-state index is 0. The molecule has 1 aromatic heterocycles. The number of nitrogens with zero attached hydrogens (tertiary/aromatic N) is 4. The Morgan fingerprint density at radius 3 is 2.92 bits per heavy atom. The fraction of sp³-hybridized carbons (Fsp3) is 0.500. The number of hydrogen-bond acceptors (Lipinski definition) is 4. The smallest absolute Gasteiger partial charge is 0.191 e. The van der Waals surface area contributed by atoms with Gasteiger partial charge in [0.25, 0.3) is 0 Å². The van der Waals surface area contributed by atoms with Crippen molar-refractivity contribution in [3.8, 4) is 5.75 Å². The molecule has 1 aliphatic rings. The number of guanidine groups is 1. The molecule has 0 saturated heterocycles. The van der Waals surface area contributed by atoms with Gasteiger partial charge < -0.3 is 19.9 Å². The molecule has 8 heteroatoms. The molecule has 3 rings (SSSR count). The van der Waals surface area contributed by atoms with Gasteiger partial charge in [0.15, 0.2) is 11.8 Å². The molecular weight excluding hydrogens is 443 g/mol. The average molecular weight is 470 g/mol. The topological polar surface area (TPSA) is 76.4 Å². The van der Waals surface area contributed by atoms with Gasteiger partial charge in [-0.3, -0.25) is 0 Å². The van der Waals surface area contributed by atoms with Gasteiger partial charge in [-0.1, -0.05) is 12.1 Å². The third kappa shape index (κ3) is 4.87. The van der Waals surface area contributed by atoms with Crippen LogP contribution in [0.4, 0.5) is 0 Å². The maximum Gasteiger partial charge on any atom is 0.191 e. The number of nitrogens with one attached hydrogen (secondary N) is 2. The standard InChI is InChI=1S/C18H26N6O.HI/c1-4-19-18(20-11-14-8-7-13(2)10-15(14)25-3)21-12-17-23-22-16-6-5-9-24(16)17;/h7-8,10H,4-6,9,11-12H2,1-3H3,(H2,19,20,21);1H. The third-order valence-corrected chi connectivity index (χ3v) is 4.29. The molecule has 0 atom stereocenters. The lowest BCUT2D eigenvalue weighted by molar-refractivity contribution is 0.409. The van der Waals surface area contributed by atoms with E-state index >= 15 is 0 Å². The Hall–Kier alpha value is -1.84. The summed E-state index contributed by atoms with van der Waals surface area (Å²) in [5.74, 6) is 3.68. The number of hydrogen-bond donors (Lipinski definition) is 2. The van der Waals surface area contributed by atoms with Gasteiger partial charge in [-0.15, -0.1) is 34.2 Å². The normalized spacial score (nSPS) is 13.1. The van der Waals surface area contributed by atoms with E-state index in [0.29, 0.717) is 13.1 Å². The van der Waals surface area contributed by atoms with Crippen LogP contribution in [0.25, 0.3) is 0 Å². The molecular formula is C18H27IN6O. The molecule has 26 heavy (non-hydrogen) atoms. The van der Waals surface area contributed by atoms with Crippen molar-refractivity contribution in [1.82, 2.24) is 25.4 Å². The summed E-state index contributed by atoms with van der Waals surface area (Å²) in [5, 5.41) is 15.1. The monoisotopic (exact) mass is 470 g/mol. The van der Waals surface area contributed by atoms with Crippen molar-refractivity contribution in [1.29, 1.82) is 0 Å². The molecule has 2 aromatic rings. The second kappa shape index (κ2) is 9.75. The number of rotatable bonds is 6. The molecule has 1 aliphatic heterocycles. The van der Waals surface area contributed by atoms with Crippen molar-refractivity contribution in [2.75, 3.05) is 13.7 Å². The molecule has 0 spiro atoms. The Morgan fingerprint density at radius 2 is 2.15 bits per heavy atom. The van der Waals surface area contributed by atoms with Crippen LogP contribution in [0, 0.1) is 6.92 Å². The van der Waals surface area contributed by atoms with E-state index in [4.69, 9.17) is 4.74 Å². The first kappa shape index (κ1) is 20.5. The number of benzene rings is 1. The number of methoxy groups -OCH3 is 1. The Morgan fingerprint density at radius 1 is 1.31 bits per heavy atom. The fourth-order valence-electron chi connectivity index (χ4n) is 2.99. The van der Waals surface area contributed by atoms with Gasteiger partial charge in [-0.2, -0.15) is 0 Å². The first-order valence-electron chi connectivity index (χ1n) is 8.78. The van der Waals surface area contributed by atoms with Gasteiger partial charge in [0.05, 0.1) is 20.2 Å². The molecule has 7 nitrogen and oxygen atoms in total. The SMILES string of the molecule is CCNC(=NCc1ccc(C)cc1OC)NCc1nnc2n1CCC2.I. The largest absolute Gasteiger partial charge is 0.496 e. The van der Waals surface area contributed by atoms with Gasteiger partial charge in [0, 0.05) is 25.1 Å². The summed E-state index contributed by atoms with van der Waals surface area (Å²) in [6.07, 6.45) is 2.17. The third-order valence-electron chi connectivity index (χ3n) is 4.29. The molecule has 2 N–H and O–H groups in total. The molecule has 0 radical (unpaired) electrons. The van der Waals surface area contributed by atoms with E-state index in [1.165, 1.54) is 5.56 Å². The van der Waals surface area contributed by atoms with Crippen molar-refractivity contribution >= 4 is 29.9 Å². The summed E-state index contributed by atoms with van der Waals surface area (Å²) in [7, 11) is 1.69. The van der Waals surface area contributed by atoms with Crippen LogP contribution in [0.3, 0.4) is 0 Å². The van der Waals surface area contributed by atoms with Crippen LogP contribution in [0.2, 0.25) is 0 Å². The van der Waals surface area contributed by atoms with E-state index in [1.807, 2.05) is 6.07 Å². The lowest BCUT2D eigenvalue weighted by Crippen LogP contribution is -2.37. The van der Waals surface area contributed by atoms with Gasteiger partial charge >= 0.3 is 0 Å². The fourth-order valence-corrected chi connectivity index (χ4v) is 2.99. The number of halogens is 1. The van der Waals surface area contributed by atoms with Crippen LogP contribution in [0.1, 0.15) is 36.1 Å². The van der Waals surface area contributed by atoms with Crippen LogP contribution in [-0.2, 0) is 26.1 Å². The second-order valence-corrected chi connectivity index (χ2v) is 6.15. The molecule has 2 heterocycles. The van der Waals surface area contributed by atoms with Gasteiger partial charge in [-0.25, -0.2) is 4.99 Å². The summed E-state index contributed by atoms with van der Waals surface area (Å²) in [6.45, 7) is 7.08. The predicted octanol–water partition coefficient (Wildman–Crippen LogP) is 2.41. The highest BCUT2D eigenvalue weighted by Gasteiger charge is 2.17. The van der Waals surface area contributed by atoms with Crippen LogP contribution in [-0.4, -0.2) is 34.4 Å². The van der Waals surface area contributed by atoms with Gasteiger partial charge in [0.2, 0.25) is 0 Å². The van der Waals surface area contributed by atoms with Crippen LogP contribution in [0.15, 0.2) is 23.2 Å². The minimum atomic E-state index is 0. The quantitative estimate of drug-likeness (QED) is 0.386. The van der Waals surface area contributed by atoms with Crippen LogP contribution in [0.5, 0.6) is 5.75 Å². The van der Waals surface area contributed by atoms with Crippen molar-refractivity contribution in [3.05, 3.63) is 41.0 Å². The maximum atomic E-state index is 5.46. The zero-order valence-corrected chi connectivity index (χ0v) is 17.9. The van der Waals surface area contributed by atoms with E-state index in [-0.39, 0.29) is 24.0 Å². The zero-order valence-electron chi connectivity index (χ0n) is 15.6. The molecule has 0 unspecified atom stereocenters. The molecule has 0 aliphatic carbocycles. The molecule has 0 fully saturated rings. The van der Waals surface area contributed by atoms with Crippen molar-refractivity contribution in [2.45, 2.75) is 46.3 Å². The first-order chi connectivity index (χ1) is 12.2. The minimum Gasteiger partial charge on any atom is -0.496 e. The second-order valence-electron chi connectivity index (χ2n) is 6.15. The summed E-state index contributed by atoms with van der Waals surface area (Å²) in [5.41, 5.74) is 2.24. The van der Waals surface area contributed by atoms with E-state index in [1.54, 1.807) is 7.11 Å². The van der Waals surface area contributed by atoms with E-state index in [2.05, 4.69) is 56.4 Å². The highest BCUT2D eigenvalue weighted by atomic mass is 127. The Kier molecular flexibility index (Phi) is 7.67. The molecule has 0 bridgehead atoms. The number of aromatic nitrogens is 3. The molecule has 142 valence electrons. The highest BCUT2D eigenvalue weighted by Crippen LogP contribution is 2.20. The van der Waals surface area contributed by atoms with Crippen molar-refractivity contribution in [3.63, 3.8) is 0 Å². The van der Waals surface area contributed by atoms with Crippen molar-refractivity contribution < 1.29 is 4.74 Å². The maximum absolute atomic E-state index is 5.46. The average Bonchev–Trinajstić information content (AvgIpc) is 3.22. The summed E-state index contributed by atoms with van der Waals surface area (Å²) < 4.78 is 7.65. The van der Waals surface area contributed by atoms with Crippen molar-refractivity contribution in [2.24, 2.45) is 4.99 Å². The van der Waals surface area contributed by atoms with E-state index in [0.717, 1.165) is 54.9 Å². The molecule has 0 amide bonds. The Labute approximate surface area is 171 Å². The van der Waals surface area contributed by atoms with Crippen LogP contribution < -0.4 is 15.4 Å². The number of ether oxygens (including phenoxy) is 1. The highest BCUT2D eigenvalue weighted by molar-refractivity contribution is 14.0. The Balaban J connectivity index is 0.00000243. The lowest BCUT2D eigenvalue weighted by atomic mass is 10.1. The summed E-state index contributed by atoms with van der Waals surface area (Å²) in [4.78, 5) is 4.67. The zero-order chi connectivity index (χ0) is 17.6. The molecule has 0 saturated carbocycles. The predicted molar refractivity (Wildman–Crippen MR) is 113 cm³/mol. The van der Waals surface area contributed by atoms with Crippen LogP contribution >= 0.6 is 24.0 Å². The number of fused-ring (bicyclic) bond motifs is 1. The molecule has 1 aromatic carbocycles. The summed E-state index contributed by atoms with van der Waals surface area (Å²) in [6, 6.07) is 6.17. The number of aliphatic imine (C=N–C) groups is 1. The van der Waals surface area contributed by atoms with E-state index in [9.17, 15) is 0 Å². The lowest BCUT2D eigenvalue weighted by Gasteiger charge is -2.12. The summed E-state index contributed by atoms with van der Waals surface area (Å²) >= 11 is 0.